The number of Topliss-reactive ketones (excluding diaryl/α,β-unsaturated/α-hetero) is 1. The largest absolute Gasteiger partial charge is 0.405 e. The molecule has 1 heterocycles. The van der Waals surface area contributed by atoms with Crippen molar-refractivity contribution in [3.8, 4) is 0 Å². The molecule has 0 amide bonds. The molecule has 0 aromatic heterocycles. The number of hydrogen-bond donors (Lipinski definition) is 0. The topological polar surface area (TPSA) is 55.7 Å². The Hall–Kier alpha value is -3.83. The molecule has 2 atom stereocenters. The van der Waals surface area contributed by atoms with Crippen LogP contribution in [-0.2, 0) is 16.0 Å². The minimum absolute atomic E-state index is 0.0517. The molecular formula is C31H24BrNO3. The Kier molecular flexibility index (Phi) is 6.92. The first kappa shape index (κ1) is 23.9. The summed E-state index contributed by atoms with van der Waals surface area (Å²) >= 11 is 3.56. The summed E-state index contributed by atoms with van der Waals surface area (Å²) < 4.78 is 6.71. The van der Waals surface area contributed by atoms with Crippen LogP contribution in [0.15, 0.2) is 125 Å². The second-order valence-corrected chi connectivity index (χ2v) is 9.78. The molecule has 0 saturated heterocycles. The lowest BCUT2D eigenvalue weighted by Gasteiger charge is -2.32. The van der Waals surface area contributed by atoms with E-state index in [0.717, 1.165) is 21.2 Å². The van der Waals surface area contributed by atoms with Crippen LogP contribution in [0.5, 0.6) is 0 Å². The minimum Gasteiger partial charge on any atom is -0.405 e. The number of esters is 1. The van der Waals surface area contributed by atoms with Gasteiger partial charge in [-0.05, 0) is 35.4 Å². The summed E-state index contributed by atoms with van der Waals surface area (Å²) in [7, 11) is 0. The molecule has 0 spiro atoms. The minimum atomic E-state index is -1.31. The van der Waals surface area contributed by atoms with Crippen LogP contribution in [0.2, 0.25) is 0 Å². The molecule has 36 heavy (non-hydrogen) atoms. The van der Waals surface area contributed by atoms with E-state index in [0.29, 0.717) is 12.0 Å². The predicted octanol–water partition coefficient (Wildman–Crippen LogP) is 6.79. The average molecular weight is 538 g/mol. The van der Waals surface area contributed by atoms with Crippen LogP contribution in [0, 0.1) is 0 Å². The van der Waals surface area contributed by atoms with E-state index in [2.05, 4.69) is 15.9 Å². The Morgan fingerprint density at radius 1 is 0.833 bits per heavy atom. The number of halogens is 1. The van der Waals surface area contributed by atoms with Crippen LogP contribution in [0.1, 0.15) is 39.4 Å². The molecule has 0 bridgehead atoms. The van der Waals surface area contributed by atoms with Crippen molar-refractivity contribution >= 4 is 33.6 Å². The lowest BCUT2D eigenvalue weighted by Crippen LogP contribution is -2.43. The van der Waals surface area contributed by atoms with Crippen LogP contribution >= 0.6 is 15.9 Å². The Labute approximate surface area is 218 Å². The molecule has 4 aromatic carbocycles. The number of rotatable bonds is 8. The number of ether oxygens (including phenoxy) is 1. The Bertz CT molecular complexity index is 1400. The van der Waals surface area contributed by atoms with E-state index in [9.17, 15) is 9.59 Å². The maximum absolute atomic E-state index is 13.8. The van der Waals surface area contributed by atoms with Crippen molar-refractivity contribution in [3.63, 3.8) is 0 Å². The standard InChI is InChI=1S/C31H24BrNO3/c32-26-18-10-17-25(19-26)27(20-28(34)23-13-6-2-7-14-23)31(21-22-11-4-1-5-12-22)30(35)36-29(33-31)24-15-8-3-9-16-24/h1-19,27H,20-21H2/t27-,31-/m1/s1. The summed E-state index contributed by atoms with van der Waals surface area (Å²) in [5.74, 6) is -0.763. The van der Waals surface area contributed by atoms with Crippen molar-refractivity contribution < 1.29 is 14.3 Å². The van der Waals surface area contributed by atoms with Gasteiger partial charge in [-0.25, -0.2) is 9.79 Å². The summed E-state index contributed by atoms with van der Waals surface area (Å²) in [6, 6.07) is 36.1. The van der Waals surface area contributed by atoms with Gasteiger partial charge in [-0.2, -0.15) is 0 Å². The normalized spacial score (nSPS) is 17.8. The van der Waals surface area contributed by atoms with Crippen molar-refractivity contribution in [2.45, 2.75) is 24.3 Å². The van der Waals surface area contributed by atoms with Crippen molar-refractivity contribution in [2.24, 2.45) is 4.99 Å². The van der Waals surface area contributed by atoms with Gasteiger partial charge in [0.15, 0.2) is 11.3 Å². The first-order valence-corrected chi connectivity index (χ1v) is 12.6. The zero-order valence-electron chi connectivity index (χ0n) is 19.5. The van der Waals surface area contributed by atoms with Gasteiger partial charge in [-0.3, -0.25) is 4.79 Å². The fourth-order valence-electron chi connectivity index (χ4n) is 4.71. The van der Waals surface area contributed by atoms with Crippen LogP contribution in [0.4, 0.5) is 0 Å². The lowest BCUT2D eigenvalue weighted by molar-refractivity contribution is -0.139. The molecule has 5 heteroatoms. The molecule has 0 unspecified atom stereocenters. The molecule has 4 aromatic rings. The lowest BCUT2D eigenvalue weighted by atomic mass is 9.73. The van der Waals surface area contributed by atoms with Gasteiger partial charge in [-0.15, -0.1) is 0 Å². The molecule has 1 aliphatic rings. The molecule has 5 rings (SSSR count). The molecule has 0 N–H and O–H groups in total. The summed E-state index contributed by atoms with van der Waals surface area (Å²) in [6.07, 6.45) is 0.413. The first-order chi connectivity index (χ1) is 17.5. The van der Waals surface area contributed by atoms with Gasteiger partial charge >= 0.3 is 5.97 Å². The Morgan fingerprint density at radius 3 is 2.14 bits per heavy atom. The third-order valence-corrected chi connectivity index (χ3v) is 6.99. The van der Waals surface area contributed by atoms with Crippen molar-refractivity contribution in [2.75, 3.05) is 0 Å². The van der Waals surface area contributed by atoms with Gasteiger partial charge in [0.05, 0.1) is 0 Å². The monoisotopic (exact) mass is 537 g/mol. The summed E-state index contributed by atoms with van der Waals surface area (Å²) in [5.41, 5.74) is 1.81. The summed E-state index contributed by atoms with van der Waals surface area (Å²) in [4.78, 5) is 32.3. The number of ketones is 1. The smallest absolute Gasteiger partial charge is 0.341 e. The molecule has 0 fully saturated rings. The SMILES string of the molecule is O=C(C[C@H](c1cccc(Br)c1)[C@@]1(Cc2ccccc2)N=C(c2ccccc2)OC1=O)c1ccccc1. The highest BCUT2D eigenvalue weighted by Crippen LogP contribution is 2.43. The second kappa shape index (κ2) is 10.4. The molecule has 1 aliphatic heterocycles. The van der Waals surface area contributed by atoms with E-state index in [-0.39, 0.29) is 18.1 Å². The summed E-state index contributed by atoms with van der Waals surface area (Å²) in [5, 5.41) is 0. The van der Waals surface area contributed by atoms with E-state index < -0.39 is 17.4 Å². The maximum Gasteiger partial charge on any atom is 0.341 e. The summed E-state index contributed by atoms with van der Waals surface area (Å²) in [6.45, 7) is 0. The first-order valence-electron chi connectivity index (χ1n) is 11.8. The zero-order valence-corrected chi connectivity index (χ0v) is 21.1. The van der Waals surface area contributed by atoms with E-state index >= 15 is 0 Å². The molecule has 178 valence electrons. The van der Waals surface area contributed by atoms with Crippen LogP contribution in [0.3, 0.4) is 0 Å². The zero-order chi connectivity index (χ0) is 25.0. The maximum atomic E-state index is 13.8. The number of aliphatic imine (C=N–C) groups is 1. The molecule has 0 aliphatic carbocycles. The predicted molar refractivity (Wildman–Crippen MR) is 144 cm³/mol. The quantitative estimate of drug-likeness (QED) is 0.183. The number of hydrogen-bond acceptors (Lipinski definition) is 4. The highest BCUT2D eigenvalue weighted by atomic mass is 79.9. The van der Waals surface area contributed by atoms with Crippen LogP contribution in [0.25, 0.3) is 0 Å². The van der Waals surface area contributed by atoms with Gasteiger partial charge < -0.3 is 4.74 Å². The van der Waals surface area contributed by atoms with Gasteiger partial charge in [-0.1, -0.05) is 107 Å². The van der Waals surface area contributed by atoms with Crippen molar-refractivity contribution in [3.05, 3.63) is 142 Å². The number of carbonyl (C=O) groups excluding carboxylic acids is 2. The highest BCUT2D eigenvalue weighted by Gasteiger charge is 2.53. The third-order valence-electron chi connectivity index (χ3n) is 6.49. The highest BCUT2D eigenvalue weighted by molar-refractivity contribution is 9.10. The third kappa shape index (κ3) is 4.93. The second-order valence-electron chi connectivity index (χ2n) is 8.86. The molecule has 0 saturated carbocycles. The van der Waals surface area contributed by atoms with Crippen molar-refractivity contribution in [1.82, 2.24) is 0 Å². The van der Waals surface area contributed by atoms with Gasteiger partial charge in [0.1, 0.15) is 0 Å². The van der Waals surface area contributed by atoms with Gasteiger partial charge in [0, 0.05) is 34.4 Å². The van der Waals surface area contributed by atoms with Gasteiger partial charge in [0.2, 0.25) is 5.90 Å². The Morgan fingerprint density at radius 2 is 1.47 bits per heavy atom. The van der Waals surface area contributed by atoms with Gasteiger partial charge in [0.25, 0.3) is 0 Å². The number of benzene rings is 4. The number of cyclic esters (lactones) is 1. The molecule has 0 radical (unpaired) electrons. The average Bonchev–Trinajstić information content (AvgIpc) is 3.25. The van der Waals surface area contributed by atoms with E-state index in [1.165, 1.54) is 0 Å². The molecule has 4 nitrogen and oxygen atoms in total. The van der Waals surface area contributed by atoms with E-state index in [1.54, 1.807) is 12.1 Å². The van der Waals surface area contributed by atoms with Crippen molar-refractivity contribution in [1.29, 1.82) is 0 Å². The van der Waals surface area contributed by atoms with Crippen LogP contribution in [-0.4, -0.2) is 23.2 Å². The number of nitrogens with zero attached hydrogens (tertiary/aromatic N) is 1. The van der Waals surface area contributed by atoms with Crippen LogP contribution < -0.4 is 0 Å². The Balaban J connectivity index is 1.67. The fourth-order valence-corrected chi connectivity index (χ4v) is 5.12. The van der Waals surface area contributed by atoms with E-state index in [4.69, 9.17) is 9.73 Å². The fraction of sp³-hybridized carbons (Fsp3) is 0.129. The van der Waals surface area contributed by atoms with E-state index in [1.807, 2.05) is 103 Å². The molecular weight excluding hydrogens is 514 g/mol. The number of carbonyl (C=O) groups is 2.